The highest BCUT2D eigenvalue weighted by atomic mass is 16.2. The van der Waals surface area contributed by atoms with Gasteiger partial charge >= 0.3 is 6.03 Å². The van der Waals surface area contributed by atoms with Crippen LogP contribution >= 0.6 is 0 Å². The standard InChI is InChI=1S/C20H29N5O/c1-14(19-15(2)23-24-16(19)3)22-20(26)25(18-7-5-4-6-8-18)13-17-9-11-21-12-10-17/h9-12,14,18H,4-8,13H2,1-3H3,(H,22,26)(H,23,24)/t14-/m0/s1. The summed E-state index contributed by atoms with van der Waals surface area (Å²) in [5, 5.41) is 10.4. The van der Waals surface area contributed by atoms with Crippen molar-refractivity contribution in [3.05, 3.63) is 47.0 Å². The molecule has 2 N–H and O–H groups in total. The van der Waals surface area contributed by atoms with Crippen LogP contribution in [0.25, 0.3) is 0 Å². The third kappa shape index (κ3) is 4.23. The molecule has 0 bridgehead atoms. The van der Waals surface area contributed by atoms with Crippen LogP contribution in [0.1, 0.15) is 67.6 Å². The fraction of sp³-hybridized carbons (Fsp3) is 0.550. The lowest BCUT2D eigenvalue weighted by Gasteiger charge is -2.35. The molecule has 0 radical (unpaired) electrons. The van der Waals surface area contributed by atoms with Gasteiger partial charge in [0, 0.05) is 36.2 Å². The van der Waals surface area contributed by atoms with Gasteiger partial charge in [0.1, 0.15) is 0 Å². The SMILES string of the molecule is Cc1n[nH]c(C)c1[C@H](C)NC(=O)N(Cc1ccncc1)C1CCCCC1. The van der Waals surface area contributed by atoms with E-state index < -0.39 is 0 Å². The third-order valence-corrected chi connectivity index (χ3v) is 5.34. The number of urea groups is 1. The van der Waals surface area contributed by atoms with E-state index in [1.54, 1.807) is 12.4 Å². The summed E-state index contributed by atoms with van der Waals surface area (Å²) in [5.74, 6) is 0. The molecule has 6 nitrogen and oxygen atoms in total. The van der Waals surface area contributed by atoms with Gasteiger partial charge in [0.15, 0.2) is 0 Å². The molecule has 1 aliphatic rings. The fourth-order valence-electron chi connectivity index (χ4n) is 3.98. The summed E-state index contributed by atoms with van der Waals surface area (Å²) in [6.07, 6.45) is 9.39. The van der Waals surface area contributed by atoms with E-state index in [1.807, 2.05) is 37.8 Å². The van der Waals surface area contributed by atoms with Crippen molar-refractivity contribution in [3.63, 3.8) is 0 Å². The Hall–Kier alpha value is -2.37. The largest absolute Gasteiger partial charge is 0.331 e. The Morgan fingerprint density at radius 2 is 1.96 bits per heavy atom. The highest BCUT2D eigenvalue weighted by molar-refractivity contribution is 5.75. The molecule has 2 amide bonds. The van der Waals surface area contributed by atoms with Gasteiger partial charge in [-0.3, -0.25) is 10.1 Å². The van der Waals surface area contributed by atoms with E-state index in [4.69, 9.17) is 0 Å². The highest BCUT2D eigenvalue weighted by Crippen LogP contribution is 2.25. The maximum Gasteiger partial charge on any atom is 0.318 e. The van der Waals surface area contributed by atoms with Crippen LogP contribution in [0.3, 0.4) is 0 Å². The third-order valence-electron chi connectivity index (χ3n) is 5.34. The molecule has 0 aromatic carbocycles. The number of carbonyl (C=O) groups excluding carboxylic acids is 1. The molecule has 26 heavy (non-hydrogen) atoms. The summed E-state index contributed by atoms with van der Waals surface area (Å²) >= 11 is 0. The minimum Gasteiger partial charge on any atom is -0.331 e. The van der Waals surface area contributed by atoms with Gasteiger partial charge in [0.25, 0.3) is 0 Å². The van der Waals surface area contributed by atoms with Crippen LogP contribution < -0.4 is 5.32 Å². The first-order chi connectivity index (χ1) is 12.6. The number of hydrogen-bond donors (Lipinski definition) is 2. The maximum atomic E-state index is 13.1. The Morgan fingerprint density at radius 3 is 2.58 bits per heavy atom. The number of amides is 2. The molecule has 0 saturated heterocycles. The summed E-state index contributed by atoms with van der Waals surface area (Å²) in [4.78, 5) is 19.2. The van der Waals surface area contributed by atoms with E-state index in [0.717, 1.165) is 35.4 Å². The maximum absolute atomic E-state index is 13.1. The van der Waals surface area contributed by atoms with Crippen molar-refractivity contribution in [3.8, 4) is 0 Å². The van der Waals surface area contributed by atoms with Crippen molar-refractivity contribution < 1.29 is 4.79 Å². The average Bonchev–Trinajstić information content (AvgIpc) is 2.99. The number of pyridine rings is 1. The average molecular weight is 355 g/mol. The molecule has 1 atom stereocenters. The van der Waals surface area contributed by atoms with Crippen molar-refractivity contribution in [2.45, 2.75) is 71.5 Å². The van der Waals surface area contributed by atoms with Crippen LogP contribution in [-0.4, -0.2) is 32.2 Å². The predicted octanol–water partition coefficient (Wildman–Crippen LogP) is 4.03. The van der Waals surface area contributed by atoms with Gasteiger partial charge in [-0.25, -0.2) is 4.79 Å². The van der Waals surface area contributed by atoms with E-state index in [9.17, 15) is 4.79 Å². The second-order valence-corrected chi connectivity index (χ2v) is 7.29. The number of H-pyrrole nitrogens is 1. The normalized spacial score (nSPS) is 16.3. The molecule has 0 aliphatic heterocycles. The van der Waals surface area contributed by atoms with Crippen molar-refractivity contribution in [2.24, 2.45) is 0 Å². The molecular weight excluding hydrogens is 326 g/mol. The van der Waals surface area contributed by atoms with Gasteiger partial charge in [0.2, 0.25) is 0 Å². The predicted molar refractivity (Wildman–Crippen MR) is 102 cm³/mol. The monoisotopic (exact) mass is 355 g/mol. The number of aryl methyl sites for hydroxylation is 2. The second kappa shape index (κ2) is 8.34. The van der Waals surface area contributed by atoms with Crippen LogP contribution in [0.4, 0.5) is 4.79 Å². The number of nitrogens with zero attached hydrogens (tertiary/aromatic N) is 3. The molecule has 0 unspecified atom stereocenters. The number of hydrogen-bond acceptors (Lipinski definition) is 3. The van der Waals surface area contributed by atoms with Crippen LogP contribution in [0.5, 0.6) is 0 Å². The van der Waals surface area contributed by atoms with E-state index in [-0.39, 0.29) is 12.1 Å². The molecule has 6 heteroatoms. The molecular formula is C20H29N5O. The number of nitrogens with one attached hydrogen (secondary N) is 2. The van der Waals surface area contributed by atoms with Crippen LogP contribution in [-0.2, 0) is 6.54 Å². The van der Waals surface area contributed by atoms with Gasteiger partial charge in [0.05, 0.1) is 11.7 Å². The minimum absolute atomic E-state index is 0.00112. The van der Waals surface area contributed by atoms with Crippen molar-refractivity contribution in [1.82, 2.24) is 25.4 Å². The van der Waals surface area contributed by atoms with Gasteiger partial charge in [-0.05, 0) is 51.3 Å². The second-order valence-electron chi connectivity index (χ2n) is 7.29. The summed E-state index contributed by atoms with van der Waals surface area (Å²) in [6.45, 7) is 6.61. The lowest BCUT2D eigenvalue weighted by molar-refractivity contribution is 0.148. The zero-order chi connectivity index (χ0) is 18.5. The van der Waals surface area contributed by atoms with Crippen LogP contribution in [0.2, 0.25) is 0 Å². The first-order valence-electron chi connectivity index (χ1n) is 9.53. The number of carbonyl (C=O) groups is 1. The van der Waals surface area contributed by atoms with Crippen molar-refractivity contribution in [1.29, 1.82) is 0 Å². The molecule has 3 rings (SSSR count). The molecule has 0 spiro atoms. The van der Waals surface area contributed by atoms with Gasteiger partial charge < -0.3 is 10.2 Å². The van der Waals surface area contributed by atoms with Crippen LogP contribution in [0, 0.1) is 13.8 Å². The summed E-state index contributed by atoms with van der Waals surface area (Å²) < 4.78 is 0. The Labute approximate surface area is 155 Å². The Morgan fingerprint density at radius 1 is 1.27 bits per heavy atom. The fourth-order valence-corrected chi connectivity index (χ4v) is 3.98. The van der Waals surface area contributed by atoms with Gasteiger partial charge in [-0.1, -0.05) is 19.3 Å². The lowest BCUT2D eigenvalue weighted by atomic mass is 9.94. The zero-order valence-electron chi connectivity index (χ0n) is 16.0. The smallest absolute Gasteiger partial charge is 0.318 e. The van der Waals surface area contributed by atoms with Crippen molar-refractivity contribution >= 4 is 6.03 Å². The van der Waals surface area contributed by atoms with E-state index >= 15 is 0 Å². The first kappa shape index (κ1) is 18.4. The van der Waals surface area contributed by atoms with Crippen LogP contribution in [0.15, 0.2) is 24.5 Å². The Kier molecular flexibility index (Phi) is 5.91. The summed E-state index contributed by atoms with van der Waals surface area (Å²) in [7, 11) is 0. The summed E-state index contributed by atoms with van der Waals surface area (Å²) in [6, 6.07) is 4.19. The molecule has 1 aliphatic carbocycles. The first-order valence-corrected chi connectivity index (χ1v) is 9.53. The topological polar surface area (TPSA) is 73.9 Å². The number of rotatable bonds is 5. The highest BCUT2D eigenvalue weighted by Gasteiger charge is 2.27. The van der Waals surface area contributed by atoms with Crippen molar-refractivity contribution in [2.75, 3.05) is 0 Å². The molecule has 2 aromatic heterocycles. The quantitative estimate of drug-likeness (QED) is 0.850. The summed E-state index contributed by atoms with van der Waals surface area (Å²) in [5.41, 5.74) is 4.14. The lowest BCUT2D eigenvalue weighted by Crippen LogP contribution is -2.47. The minimum atomic E-state index is -0.0789. The Bertz CT molecular complexity index is 702. The Balaban J connectivity index is 1.75. The van der Waals surface area contributed by atoms with Gasteiger partial charge in [-0.2, -0.15) is 5.10 Å². The molecule has 2 heterocycles. The van der Waals surface area contributed by atoms with E-state index in [1.165, 1.54) is 19.3 Å². The molecule has 140 valence electrons. The van der Waals surface area contributed by atoms with E-state index in [0.29, 0.717) is 12.6 Å². The van der Waals surface area contributed by atoms with E-state index in [2.05, 4.69) is 20.5 Å². The molecule has 2 aromatic rings. The number of aromatic amines is 1. The molecule has 1 fully saturated rings. The zero-order valence-corrected chi connectivity index (χ0v) is 16.0. The number of aromatic nitrogens is 3. The molecule has 1 saturated carbocycles. The van der Waals surface area contributed by atoms with Gasteiger partial charge in [-0.15, -0.1) is 0 Å².